The Hall–Kier alpha value is -2.30. The second kappa shape index (κ2) is 6.04. The minimum atomic E-state index is -0.866. The second-order valence-corrected chi connectivity index (χ2v) is 4.64. The molecule has 19 heavy (non-hydrogen) atoms. The van der Waals surface area contributed by atoms with Gasteiger partial charge in [-0.05, 0) is 32.9 Å². The van der Waals surface area contributed by atoms with E-state index in [1.807, 2.05) is 0 Å². The SMILES string of the molecule is C=CC(=O)Oc1ccccc1OC(=O)OC(C)(C)C. The van der Waals surface area contributed by atoms with Crippen LogP contribution in [0.2, 0.25) is 0 Å². The molecule has 1 aromatic rings. The first-order chi connectivity index (χ1) is 8.81. The van der Waals surface area contributed by atoms with Crippen LogP contribution in [-0.2, 0) is 9.53 Å². The molecule has 0 saturated carbocycles. The van der Waals surface area contributed by atoms with Crippen LogP contribution in [-0.4, -0.2) is 17.7 Å². The van der Waals surface area contributed by atoms with E-state index in [1.54, 1.807) is 32.9 Å². The van der Waals surface area contributed by atoms with E-state index in [-0.39, 0.29) is 11.5 Å². The number of ether oxygens (including phenoxy) is 3. The Morgan fingerprint density at radius 2 is 1.63 bits per heavy atom. The van der Waals surface area contributed by atoms with Gasteiger partial charge in [0, 0.05) is 6.08 Å². The van der Waals surface area contributed by atoms with E-state index in [4.69, 9.17) is 14.2 Å². The maximum absolute atomic E-state index is 11.5. The molecule has 0 saturated heterocycles. The molecule has 1 rings (SSSR count). The monoisotopic (exact) mass is 264 g/mol. The van der Waals surface area contributed by atoms with E-state index in [1.165, 1.54) is 12.1 Å². The Balaban J connectivity index is 2.80. The van der Waals surface area contributed by atoms with Crippen LogP contribution in [0.3, 0.4) is 0 Å². The molecule has 0 aliphatic rings. The molecular weight excluding hydrogens is 248 g/mol. The maximum atomic E-state index is 11.5. The maximum Gasteiger partial charge on any atom is 0.514 e. The van der Waals surface area contributed by atoms with Gasteiger partial charge in [-0.1, -0.05) is 18.7 Å². The average Bonchev–Trinajstić information content (AvgIpc) is 2.29. The quantitative estimate of drug-likeness (QED) is 0.363. The zero-order valence-corrected chi connectivity index (χ0v) is 11.1. The smallest absolute Gasteiger partial charge is 0.428 e. The highest BCUT2D eigenvalue weighted by molar-refractivity contribution is 5.84. The molecule has 0 spiro atoms. The molecule has 0 aliphatic carbocycles. The van der Waals surface area contributed by atoms with E-state index < -0.39 is 17.7 Å². The van der Waals surface area contributed by atoms with Gasteiger partial charge in [-0.25, -0.2) is 9.59 Å². The zero-order chi connectivity index (χ0) is 14.5. The van der Waals surface area contributed by atoms with Gasteiger partial charge in [0.2, 0.25) is 0 Å². The van der Waals surface area contributed by atoms with Crippen LogP contribution in [0.15, 0.2) is 36.9 Å². The Labute approximate surface area is 111 Å². The second-order valence-electron chi connectivity index (χ2n) is 4.64. The van der Waals surface area contributed by atoms with Gasteiger partial charge >= 0.3 is 12.1 Å². The Morgan fingerprint density at radius 1 is 1.11 bits per heavy atom. The first-order valence-corrected chi connectivity index (χ1v) is 5.66. The van der Waals surface area contributed by atoms with Gasteiger partial charge in [-0.15, -0.1) is 0 Å². The van der Waals surface area contributed by atoms with Crippen molar-refractivity contribution in [2.75, 3.05) is 0 Å². The fraction of sp³-hybridized carbons (Fsp3) is 0.286. The summed E-state index contributed by atoms with van der Waals surface area (Å²) < 4.78 is 14.9. The summed E-state index contributed by atoms with van der Waals surface area (Å²) in [6, 6.07) is 6.29. The lowest BCUT2D eigenvalue weighted by Crippen LogP contribution is -2.26. The van der Waals surface area contributed by atoms with Crippen molar-refractivity contribution in [2.24, 2.45) is 0 Å². The molecule has 0 unspecified atom stereocenters. The zero-order valence-electron chi connectivity index (χ0n) is 11.1. The Kier molecular flexibility index (Phi) is 4.69. The largest absolute Gasteiger partial charge is 0.514 e. The minimum Gasteiger partial charge on any atom is -0.428 e. The number of para-hydroxylation sites is 2. The number of hydrogen-bond acceptors (Lipinski definition) is 5. The fourth-order valence-corrected chi connectivity index (χ4v) is 1.13. The summed E-state index contributed by atoms with van der Waals surface area (Å²) in [5.41, 5.74) is -0.663. The highest BCUT2D eigenvalue weighted by Crippen LogP contribution is 2.27. The molecule has 1 aromatic carbocycles. The highest BCUT2D eigenvalue weighted by atomic mass is 16.7. The third-order valence-corrected chi connectivity index (χ3v) is 1.81. The van der Waals surface area contributed by atoms with Gasteiger partial charge in [0.1, 0.15) is 5.60 Å². The van der Waals surface area contributed by atoms with Crippen molar-refractivity contribution in [3.63, 3.8) is 0 Å². The highest BCUT2D eigenvalue weighted by Gasteiger charge is 2.19. The average molecular weight is 264 g/mol. The lowest BCUT2D eigenvalue weighted by Gasteiger charge is -2.19. The van der Waals surface area contributed by atoms with Gasteiger partial charge in [0.05, 0.1) is 0 Å². The number of carbonyl (C=O) groups excluding carboxylic acids is 2. The van der Waals surface area contributed by atoms with Crippen LogP contribution in [0.5, 0.6) is 11.5 Å². The summed E-state index contributed by atoms with van der Waals surface area (Å²) in [4.78, 5) is 22.7. The lowest BCUT2D eigenvalue weighted by molar-refractivity contribution is -0.129. The van der Waals surface area contributed by atoms with Gasteiger partial charge in [0.25, 0.3) is 0 Å². The van der Waals surface area contributed by atoms with Crippen LogP contribution in [0.4, 0.5) is 4.79 Å². The van der Waals surface area contributed by atoms with Crippen molar-refractivity contribution in [3.8, 4) is 11.5 Å². The summed E-state index contributed by atoms with van der Waals surface area (Å²) in [5, 5.41) is 0. The Morgan fingerprint density at radius 3 is 2.11 bits per heavy atom. The van der Waals surface area contributed by atoms with E-state index in [9.17, 15) is 9.59 Å². The van der Waals surface area contributed by atoms with Gasteiger partial charge in [-0.2, -0.15) is 0 Å². The molecule has 0 fully saturated rings. The van der Waals surface area contributed by atoms with Gasteiger partial charge < -0.3 is 14.2 Å². The molecule has 5 nitrogen and oxygen atoms in total. The predicted octanol–water partition coefficient (Wildman–Crippen LogP) is 3.09. The number of benzene rings is 1. The molecule has 0 amide bonds. The summed E-state index contributed by atoms with van der Waals surface area (Å²) >= 11 is 0. The first kappa shape index (κ1) is 14.8. The normalized spacial score (nSPS) is 10.5. The topological polar surface area (TPSA) is 61.8 Å². The van der Waals surface area contributed by atoms with E-state index >= 15 is 0 Å². The number of hydrogen-bond donors (Lipinski definition) is 0. The van der Waals surface area contributed by atoms with Gasteiger partial charge in [0.15, 0.2) is 11.5 Å². The van der Waals surface area contributed by atoms with Crippen molar-refractivity contribution in [2.45, 2.75) is 26.4 Å². The van der Waals surface area contributed by atoms with Crippen LogP contribution in [0.1, 0.15) is 20.8 Å². The summed E-state index contributed by atoms with van der Waals surface area (Å²) in [6.45, 7) is 8.45. The molecular formula is C14H16O5. The minimum absolute atomic E-state index is 0.104. The predicted molar refractivity (Wildman–Crippen MR) is 69.1 cm³/mol. The van der Waals surface area contributed by atoms with E-state index in [0.29, 0.717) is 0 Å². The molecule has 0 aliphatic heterocycles. The van der Waals surface area contributed by atoms with E-state index in [2.05, 4.69) is 6.58 Å². The third-order valence-electron chi connectivity index (χ3n) is 1.81. The first-order valence-electron chi connectivity index (χ1n) is 5.66. The molecule has 0 N–H and O–H groups in total. The van der Waals surface area contributed by atoms with Crippen molar-refractivity contribution < 1.29 is 23.8 Å². The number of esters is 1. The molecule has 5 heteroatoms. The van der Waals surface area contributed by atoms with Crippen molar-refractivity contribution >= 4 is 12.1 Å². The van der Waals surface area contributed by atoms with Crippen molar-refractivity contribution in [1.29, 1.82) is 0 Å². The molecule has 0 atom stereocenters. The number of rotatable bonds is 3. The summed E-state index contributed by atoms with van der Waals surface area (Å²) in [7, 11) is 0. The van der Waals surface area contributed by atoms with Crippen LogP contribution in [0.25, 0.3) is 0 Å². The molecule has 0 heterocycles. The third kappa shape index (κ3) is 5.25. The van der Waals surface area contributed by atoms with Crippen LogP contribution >= 0.6 is 0 Å². The van der Waals surface area contributed by atoms with Crippen molar-refractivity contribution in [3.05, 3.63) is 36.9 Å². The molecule has 0 bridgehead atoms. The standard InChI is InChI=1S/C14H16O5/c1-5-12(15)17-10-8-6-7-9-11(10)18-13(16)19-14(2,3)4/h5-9H,1H2,2-4H3. The van der Waals surface area contributed by atoms with Gasteiger partial charge in [-0.3, -0.25) is 0 Å². The molecule has 0 radical (unpaired) electrons. The number of carbonyl (C=O) groups is 2. The molecule has 0 aromatic heterocycles. The fourth-order valence-electron chi connectivity index (χ4n) is 1.13. The van der Waals surface area contributed by atoms with Crippen LogP contribution in [0, 0.1) is 0 Å². The van der Waals surface area contributed by atoms with Crippen molar-refractivity contribution in [1.82, 2.24) is 0 Å². The molecule has 102 valence electrons. The van der Waals surface area contributed by atoms with Crippen LogP contribution < -0.4 is 9.47 Å². The lowest BCUT2D eigenvalue weighted by atomic mass is 10.2. The Bertz CT molecular complexity index is 485. The summed E-state index contributed by atoms with van der Waals surface area (Å²) in [6.07, 6.45) is 0.152. The van der Waals surface area contributed by atoms with E-state index in [0.717, 1.165) is 6.08 Å². The summed E-state index contributed by atoms with van der Waals surface area (Å²) in [5.74, 6) is -0.412.